The Morgan fingerprint density at radius 3 is 1.82 bits per heavy atom. The Balaban J connectivity index is 2.11. The van der Waals surface area contributed by atoms with E-state index in [2.05, 4.69) is 41.6 Å². The van der Waals surface area contributed by atoms with Gasteiger partial charge in [-0.25, -0.2) is 0 Å². The molecule has 28 heavy (non-hydrogen) atoms. The average Bonchev–Trinajstić information content (AvgIpc) is 2.75. The molecule has 0 N–H and O–H groups in total. The third-order valence-corrected chi connectivity index (χ3v) is 7.36. The van der Waals surface area contributed by atoms with Gasteiger partial charge in [-0.05, 0) is 41.4 Å². The topological polar surface area (TPSA) is 34.1 Å². The van der Waals surface area contributed by atoms with Crippen molar-refractivity contribution < 1.29 is 9.59 Å². The zero-order valence-corrected chi connectivity index (χ0v) is 17.9. The zero-order chi connectivity index (χ0) is 20.5. The highest BCUT2D eigenvalue weighted by atomic mass is 16.1. The minimum atomic E-state index is -0.0395. The summed E-state index contributed by atoms with van der Waals surface area (Å²) >= 11 is 0. The first kappa shape index (κ1) is 20.6. The van der Waals surface area contributed by atoms with Crippen molar-refractivity contribution in [3.05, 3.63) is 70.3 Å². The summed E-state index contributed by atoms with van der Waals surface area (Å²) in [6, 6.07) is 13.2. The monoisotopic (exact) mass is 374 g/mol. The van der Waals surface area contributed by atoms with E-state index in [9.17, 15) is 9.59 Å². The van der Waals surface area contributed by atoms with Crippen molar-refractivity contribution in [1.29, 1.82) is 0 Å². The second kappa shape index (κ2) is 7.70. The second-order valence-corrected chi connectivity index (χ2v) is 8.65. The van der Waals surface area contributed by atoms with E-state index in [1.807, 2.05) is 24.3 Å². The third-order valence-electron chi connectivity index (χ3n) is 7.36. The third kappa shape index (κ3) is 3.25. The van der Waals surface area contributed by atoms with Crippen LogP contribution in [-0.4, -0.2) is 19.4 Å². The number of hydrogen-bond acceptors (Lipinski definition) is 2. The first-order chi connectivity index (χ1) is 13.3. The van der Waals surface area contributed by atoms with Crippen molar-refractivity contribution in [2.45, 2.75) is 65.1 Å². The Bertz CT molecular complexity index is 905. The van der Waals surface area contributed by atoms with E-state index < -0.39 is 0 Å². The van der Waals surface area contributed by atoms with Crippen LogP contribution in [0.25, 0.3) is 0 Å². The molecular formula is C25H31BO2. The maximum Gasteiger partial charge on any atom is 0.194 e. The molecule has 0 radical (unpaired) electrons. The van der Waals surface area contributed by atoms with Crippen molar-refractivity contribution in [3.8, 4) is 0 Å². The molecule has 3 rings (SSSR count). The van der Waals surface area contributed by atoms with E-state index in [1.165, 1.54) is 5.56 Å². The number of ketones is 2. The van der Waals surface area contributed by atoms with Gasteiger partial charge in [0, 0.05) is 22.3 Å². The van der Waals surface area contributed by atoms with Crippen LogP contribution in [0.15, 0.2) is 42.5 Å². The molecule has 0 spiro atoms. The van der Waals surface area contributed by atoms with E-state index in [0.29, 0.717) is 22.3 Å². The molecule has 2 aromatic rings. The van der Waals surface area contributed by atoms with E-state index in [1.54, 1.807) is 12.1 Å². The lowest BCUT2D eigenvalue weighted by Crippen LogP contribution is -2.33. The maximum atomic E-state index is 13.2. The van der Waals surface area contributed by atoms with Crippen molar-refractivity contribution in [2.24, 2.45) is 5.41 Å². The van der Waals surface area contributed by atoms with Gasteiger partial charge in [-0.2, -0.15) is 0 Å². The summed E-state index contributed by atoms with van der Waals surface area (Å²) in [7, 11) is 2.25. The molecule has 146 valence electrons. The Hall–Kier alpha value is -2.16. The summed E-state index contributed by atoms with van der Waals surface area (Å²) in [6.07, 6.45) is 5.42. The van der Waals surface area contributed by atoms with Gasteiger partial charge >= 0.3 is 0 Å². The summed E-state index contributed by atoms with van der Waals surface area (Å²) in [4.78, 5) is 26.1. The molecule has 0 aromatic heterocycles. The quantitative estimate of drug-likeness (QED) is 0.521. The SMILES string of the molecule is BCC(CC)(CC(C)(CC)CC)c1ccc2c(c1)C(=O)c1ccccc1C2=O. The van der Waals surface area contributed by atoms with E-state index >= 15 is 0 Å². The van der Waals surface area contributed by atoms with Gasteiger partial charge in [0.25, 0.3) is 0 Å². The molecule has 0 amide bonds. The van der Waals surface area contributed by atoms with Crippen LogP contribution in [0.3, 0.4) is 0 Å². The fourth-order valence-electron chi connectivity index (χ4n) is 4.76. The predicted octanol–water partition coefficient (Wildman–Crippen LogP) is 5.38. The summed E-state index contributed by atoms with van der Waals surface area (Å²) in [6.45, 7) is 9.16. The summed E-state index contributed by atoms with van der Waals surface area (Å²) in [5.74, 6) is -0.0656. The van der Waals surface area contributed by atoms with Crippen LogP contribution < -0.4 is 0 Å². The van der Waals surface area contributed by atoms with E-state index in [4.69, 9.17) is 0 Å². The van der Waals surface area contributed by atoms with Crippen molar-refractivity contribution in [1.82, 2.24) is 0 Å². The largest absolute Gasteiger partial charge is 0.289 e. The fourth-order valence-corrected chi connectivity index (χ4v) is 4.76. The minimum Gasteiger partial charge on any atom is -0.289 e. The number of benzene rings is 2. The highest BCUT2D eigenvalue weighted by molar-refractivity contribution is 6.28. The van der Waals surface area contributed by atoms with Crippen molar-refractivity contribution in [2.75, 3.05) is 0 Å². The number of rotatable bonds is 7. The molecule has 1 atom stereocenters. The molecule has 1 aliphatic rings. The Morgan fingerprint density at radius 1 is 0.786 bits per heavy atom. The molecule has 0 saturated heterocycles. The van der Waals surface area contributed by atoms with E-state index in [0.717, 1.165) is 32.0 Å². The van der Waals surface area contributed by atoms with Crippen LogP contribution in [0.1, 0.15) is 90.8 Å². The lowest BCUT2D eigenvalue weighted by Gasteiger charge is -2.41. The molecule has 3 heteroatoms. The first-order valence-electron chi connectivity index (χ1n) is 10.7. The Morgan fingerprint density at radius 2 is 1.32 bits per heavy atom. The number of carbonyl (C=O) groups excluding carboxylic acids is 2. The molecule has 1 aliphatic carbocycles. The summed E-state index contributed by atoms with van der Waals surface area (Å²) < 4.78 is 0. The van der Waals surface area contributed by atoms with Gasteiger partial charge in [-0.3, -0.25) is 9.59 Å². The highest BCUT2D eigenvalue weighted by Gasteiger charge is 2.37. The zero-order valence-electron chi connectivity index (χ0n) is 17.9. The van der Waals surface area contributed by atoms with Gasteiger partial charge in [-0.1, -0.05) is 77.2 Å². The van der Waals surface area contributed by atoms with Gasteiger partial charge in [0.05, 0.1) is 0 Å². The molecule has 1 unspecified atom stereocenters. The van der Waals surface area contributed by atoms with Crippen LogP contribution >= 0.6 is 0 Å². The molecule has 0 aliphatic heterocycles. The van der Waals surface area contributed by atoms with E-state index in [-0.39, 0.29) is 22.4 Å². The van der Waals surface area contributed by atoms with Gasteiger partial charge in [0.2, 0.25) is 0 Å². The van der Waals surface area contributed by atoms with Gasteiger partial charge in [-0.15, -0.1) is 0 Å². The lowest BCUT2D eigenvalue weighted by atomic mass is 9.60. The molecule has 2 nitrogen and oxygen atoms in total. The molecule has 2 aromatic carbocycles. The molecule has 0 fully saturated rings. The lowest BCUT2D eigenvalue weighted by molar-refractivity contribution is 0.0979. The average molecular weight is 374 g/mol. The first-order valence-corrected chi connectivity index (χ1v) is 10.7. The Kier molecular flexibility index (Phi) is 5.65. The number of hydrogen-bond donors (Lipinski definition) is 0. The van der Waals surface area contributed by atoms with Crippen molar-refractivity contribution in [3.63, 3.8) is 0 Å². The van der Waals surface area contributed by atoms with Gasteiger partial charge in [0.1, 0.15) is 7.85 Å². The molecule has 0 saturated carbocycles. The normalized spacial score (nSPS) is 15.7. The standard InChI is InChI=1S/C25H31BO2/c1-5-24(4,6-2)15-25(7-3,16-26)17-12-13-20-21(14-17)23(28)19-11-9-8-10-18(19)22(20)27/h8-14H,5-7,15-16,26H2,1-4H3. The van der Waals surface area contributed by atoms with Crippen molar-refractivity contribution >= 4 is 19.4 Å². The second-order valence-electron chi connectivity index (χ2n) is 8.65. The highest BCUT2D eigenvalue weighted by Crippen LogP contribution is 2.46. The van der Waals surface area contributed by atoms with Gasteiger partial charge < -0.3 is 0 Å². The maximum absolute atomic E-state index is 13.2. The number of carbonyl (C=O) groups is 2. The van der Waals surface area contributed by atoms with Crippen LogP contribution in [-0.2, 0) is 5.41 Å². The minimum absolute atomic E-state index is 0.0239. The summed E-state index contributed by atoms with van der Waals surface area (Å²) in [5.41, 5.74) is 3.66. The fraction of sp³-hybridized carbons (Fsp3) is 0.440. The van der Waals surface area contributed by atoms with Crippen LogP contribution in [0.2, 0.25) is 6.32 Å². The smallest absolute Gasteiger partial charge is 0.194 e. The van der Waals surface area contributed by atoms with Crippen LogP contribution in [0.4, 0.5) is 0 Å². The van der Waals surface area contributed by atoms with Gasteiger partial charge in [0.15, 0.2) is 11.6 Å². The summed E-state index contributed by atoms with van der Waals surface area (Å²) in [5, 5.41) is 0. The van der Waals surface area contributed by atoms with Crippen LogP contribution in [0, 0.1) is 5.41 Å². The predicted molar refractivity (Wildman–Crippen MR) is 118 cm³/mol. The Labute approximate surface area is 170 Å². The molecule has 0 heterocycles. The molecule has 0 bridgehead atoms. The molecular weight excluding hydrogens is 343 g/mol. The van der Waals surface area contributed by atoms with Crippen LogP contribution in [0.5, 0.6) is 0 Å². The number of fused-ring (bicyclic) bond motifs is 2.